The number of rotatable bonds is 0. The molecular weight excluding hydrogens is 160 g/mol. The summed E-state index contributed by atoms with van der Waals surface area (Å²) in [4.78, 5) is 8.98. The highest BCUT2D eigenvalue weighted by molar-refractivity contribution is 5.22. The van der Waals surface area contributed by atoms with Crippen LogP contribution in [0, 0.1) is 13.8 Å². The molecule has 1 aromatic rings. The molecule has 1 aliphatic carbocycles. The molecule has 0 amide bonds. The molecule has 0 radical (unpaired) electrons. The second-order valence-corrected chi connectivity index (χ2v) is 3.14. The van der Waals surface area contributed by atoms with Crippen LogP contribution in [0.4, 0.5) is 0 Å². The molecule has 0 spiro atoms. The lowest BCUT2D eigenvalue weighted by molar-refractivity contribution is 0.892. The molecule has 0 aromatic carbocycles. The molecule has 72 valence electrons. The standard InChI is InChI=1S/C9H12N2.C2H6/c1-6-7(2)11-9-5-3-4-8(9)10-6;1-2/h3-5H2,1-2H3;1-2H3. The van der Waals surface area contributed by atoms with Gasteiger partial charge in [0, 0.05) is 0 Å². The lowest BCUT2D eigenvalue weighted by Crippen LogP contribution is -1.98. The fraction of sp³-hybridized carbons (Fsp3) is 0.636. The molecule has 0 N–H and O–H groups in total. The summed E-state index contributed by atoms with van der Waals surface area (Å²) >= 11 is 0. The van der Waals surface area contributed by atoms with Crippen LogP contribution in [-0.2, 0) is 12.8 Å². The van der Waals surface area contributed by atoms with Gasteiger partial charge in [0.1, 0.15) is 0 Å². The molecule has 0 saturated heterocycles. The van der Waals surface area contributed by atoms with Crippen molar-refractivity contribution in [3.8, 4) is 0 Å². The predicted molar refractivity (Wildman–Crippen MR) is 54.9 cm³/mol. The first kappa shape index (κ1) is 10.2. The molecule has 2 heteroatoms. The number of aromatic nitrogens is 2. The quantitative estimate of drug-likeness (QED) is 0.610. The maximum atomic E-state index is 4.49. The highest BCUT2D eigenvalue weighted by Crippen LogP contribution is 2.18. The van der Waals surface area contributed by atoms with Crippen molar-refractivity contribution >= 4 is 0 Å². The third kappa shape index (κ3) is 2.06. The van der Waals surface area contributed by atoms with E-state index in [1.54, 1.807) is 0 Å². The zero-order valence-corrected chi connectivity index (χ0v) is 9.02. The van der Waals surface area contributed by atoms with E-state index in [0.717, 1.165) is 24.2 Å². The number of fused-ring (bicyclic) bond motifs is 1. The number of nitrogens with zero attached hydrogens (tertiary/aromatic N) is 2. The van der Waals surface area contributed by atoms with Crippen LogP contribution in [-0.4, -0.2) is 9.97 Å². The minimum atomic E-state index is 1.09. The zero-order chi connectivity index (χ0) is 9.84. The van der Waals surface area contributed by atoms with Crippen molar-refractivity contribution < 1.29 is 0 Å². The molecule has 2 nitrogen and oxygen atoms in total. The summed E-state index contributed by atoms with van der Waals surface area (Å²) in [6.45, 7) is 8.06. The van der Waals surface area contributed by atoms with Crippen LogP contribution >= 0.6 is 0 Å². The number of aryl methyl sites for hydroxylation is 4. The van der Waals surface area contributed by atoms with E-state index >= 15 is 0 Å². The smallest absolute Gasteiger partial charge is 0.0622 e. The van der Waals surface area contributed by atoms with E-state index in [2.05, 4.69) is 9.97 Å². The first-order chi connectivity index (χ1) is 6.27. The minimum Gasteiger partial charge on any atom is -0.254 e. The van der Waals surface area contributed by atoms with Gasteiger partial charge >= 0.3 is 0 Å². The molecule has 13 heavy (non-hydrogen) atoms. The van der Waals surface area contributed by atoms with Gasteiger partial charge in [-0.3, -0.25) is 9.97 Å². The summed E-state index contributed by atoms with van der Waals surface area (Å²) < 4.78 is 0. The lowest BCUT2D eigenvalue weighted by Gasteiger charge is -2.01. The molecule has 2 rings (SSSR count). The van der Waals surface area contributed by atoms with Crippen molar-refractivity contribution in [3.05, 3.63) is 22.8 Å². The maximum absolute atomic E-state index is 4.49. The maximum Gasteiger partial charge on any atom is 0.0622 e. The van der Waals surface area contributed by atoms with E-state index in [4.69, 9.17) is 0 Å². The van der Waals surface area contributed by atoms with Gasteiger partial charge in [-0.25, -0.2) is 0 Å². The molecule has 0 atom stereocenters. The Labute approximate surface area is 80.4 Å². The lowest BCUT2D eigenvalue weighted by atomic mass is 10.3. The minimum absolute atomic E-state index is 1.09. The second kappa shape index (κ2) is 4.35. The molecule has 1 heterocycles. The average molecular weight is 178 g/mol. The molecule has 1 aromatic heterocycles. The van der Waals surface area contributed by atoms with Crippen molar-refractivity contribution in [1.82, 2.24) is 9.97 Å². The zero-order valence-electron chi connectivity index (χ0n) is 9.02. The SMILES string of the molecule is CC.Cc1nc2c(nc1C)CCC2. The molecule has 1 aliphatic rings. The fourth-order valence-corrected chi connectivity index (χ4v) is 1.52. The average Bonchev–Trinajstić information content (AvgIpc) is 2.56. The molecule has 0 saturated carbocycles. The first-order valence-electron chi connectivity index (χ1n) is 5.10. The van der Waals surface area contributed by atoms with Gasteiger partial charge < -0.3 is 0 Å². The van der Waals surface area contributed by atoms with Gasteiger partial charge in [0.25, 0.3) is 0 Å². The van der Waals surface area contributed by atoms with Crippen LogP contribution in [0.5, 0.6) is 0 Å². The first-order valence-corrected chi connectivity index (χ1v) is 5.10. The summed E-state index contributed by atoms with van der Waals surface area (Å²) in [7, 11) is 0. The Hall–Kier alpha value is -0.920. The van der Waals surface area contributed by atoms with E-state index in [-0.39, 0.29) is 0 Å². The molecule has 0 fully saturated rings. The molecule has 0 bridgehead atoms. The Bertz CT molecular complexity index is 263. The van der Waals surface area contributed by atoms with Gasteiger partial charge in [-0.1, -0.05) is 13.8 Å². The van der Waals surface area contributed by atoms with Crippen LogP contribution in [0.3, 0.4) is 0 Å². The van der Waals surface area contributed by atoms with Crippen molar-refractivity contribution in [2.24, 2.45) is 0 Å². The summed E-state index contributed by atoms with van der Waals surface area (Å²) in [6, 6.07) is 0. The van der Waals surface area contributed by atoms with Gasteiger partial charge in [0.05, 0.1) is 22.8 Å². The Morgan fingerprint density at radius 3 is 1.62 bits per heavy atom. The largest absolute Gasteiger partial charge is 0.254 e. The van der Waals surface area contributed by atoms with E-state index in [1.165, 1.54) is 17.8 Å². The Morgan fingerprint density at radius 2 is 1.23 bits per heavy atom. The van der Waals surface area contributed by atoms with Gasteiger partial charge in [0.15, 0.2) is 0 Å². The predicted octanol–water partition coefficient (Wildman–Crippen LogP) is 2.61. The number of hydrogen-bond donors (Lipinski definition) is 0. The van der Waals surface area contributed by atoms with Crippen LogP contribution in [0.25, 0.3) is 0 Å². The van der Waals surface area contributed by atoms with E-state index in [0.29, 0.717) is 0 Å². The van der Waals surface area contributed by atoms with Gasteiger partial charge in [-0.05, 0) is 33.1 Å². The summed E-state index contributed by atoms with van der Waals surface area (Å²) in [6.07, 6.45) is 3.49. The second-order valence-electron chi connectivity index (χ2n) is 3.14. The number of hydrogen-bond acceptors (Lipinski definition) is 2. The topological polar surface area (TPSA) is 25.8 Å². The Morgan fingerprint density at radius 1 is 0.846 bits per heavy atom. The Balaban J connectivity index is 0.000000396. The third-order valence-electron chi connectivity index (χ3n) is 2.29. The van der Waals surface area contributed by atoms with E-state index in [1.807, 2.05) is 27.7 Å². The van der Waals surface area contributed by atoms with E-state index < -0.39 is 0 Å². The van der Waals surface area contributed by atoms with Crippen LogP contribution in [0.1, 0.15) is 43.0 Å². The summed E-state index contributed by atoms with van der Waals surface area (Å²) in [5, 5.41) is 0. The summed E-state index contributed by atoms with van der Waals surface area (Å²) in [5.74, 6) is 0. The monoisotopic (exact) mass is 178 g/mol. The van der Waals surface area contributed by atoms with Crippen LogP contribution in [0.15, 0.2) is 0 Å². The fourth-order valence-electron chi connectivity index (χ4n) is 1.52. The molecule has 0 unspecified atom stereocenters. The molecular formula is C11H18N2. The van der Waals surface area contributed by atoms with E-state index in [9.17, 15) is 0 Å². The normalized spacial score (nSPS) is 13.2. The van der Waals surface area contributed by atoms with Crippen molar-refractivity contribution in [2.45, 2.75) is 47.0 Å². The highest BCUT2D eigenvalue weighted by Gasteiger charge is 2.14. The van der Waals surface area contributed by atoms with Crippen molar-refractivity contribution in [2.75, 3.05) is 0 Å². The third-order valence-corrected chi connectivity index (χ3v) is 2.29. The van der Waals surface area contributed by atoms with Crippen LogP contribution < -0.4 is 0 Å². The van der Waals surface area contributed by atoms with Crippen molar-refractivity contribution in [3.63, 3.8) is 0 Å². The Kier molecular flexibility index (Phi) is 3.40. The van der Waals surface area contributed by atoms with Crippen molar-refractivity contribution in [1.29, 1.82) is 0 Å². The summed E-state index contributed by atoms with van der Waals surface area (Å²) in [5.41, 5.74) is 4.64. The highest BCUT2D eigenvalue weighted by atomic mass is 14.8. The van der Waals surface area contributed by atoms with Crippen LogP contribution in [0.2, 0.25) is 0 Å². The van der Waals surface area contributed by atoms with Gasteiger partial charge in [-0.2, -0.15) is 0 Å². The van der Waals surface area contributed by atoms with Gasteiger partial charge in [0.2, 0.25) is 0 Å². The van der Waals surface area contributed by atoms with Gasteiger partial charge in [-0.15, -0.1) is 0 Å². The molecule has 0 aliphatic heterocycles.